The van der Waals surface area contributed by atoms with Gasteiger partial charge in [-0.2, -0.15) is 0 Å². The minimum absolute atomic E-state index is 0. The molecule has 0 spiro atoms. The molecule has 131 valence electrons. The van der Waals surface area contributed by atoms with Crippen LogP contribution in [0.2, 0.25) is 0 Å². The third kappa shape index (κ3) is 3.72. The molecule has 26 heavy (non-hydrogen) atoms. The van der Waals surface area contributed by atoms with Crippen LogP contribution in [0, 0.1) is 13.8 Å². The van der Waals surface area contributed by atoms with E-state index in [1.165, 1.54) is 55.0 Å². The van der Waals surface area contributed by atoms with Crippen LogP contribution in [0.5, 0.6) is 0 Å². The van der Waals surface area contributed by atoms with Gasteiger partial charge in [0.05, 0.1) is 0 Å². The molecule has 0 fully saturated rings. The molecule has 0 aliphatic heterocycles. The largest absolute Gasteiger partial charge is 3.00 e. The van der Waals surface area contributed by atoms with E-state index < -0.39 is 0 Å². The summed E-state index contributed by atoms with van der Waals surface area (Å²) in [5, 5.41) is 2.66. The first-order valence-electron chi connectivity index (χ1n) is 8.28. The second kappa shape index (κ2) is 8.87. The van der Waals surface area contributed by atoms with Gasteiger partial charge in [0.1, 0.15) is 0 Å². The van der Waals surface area contributed by atoms with Crippen LogP contribution in [0.15, 0.2) is 42.5 Å². The quantitative estimate of drug-likeness (QED) is 0.390. The van der Waals surface area contributed by atoms with Gasteiger partial charge in [0, 0.05) is 0 Å². The number of hydrogen-bond donors (Lipinski definition) is 0. The Morgan fingerprint density at radius 2 is 1.73 bits per heavy atom. The van der Waals surface area contributed by atoms with E-state index in [-0.39, 0.29) is 51.0 Å². The van der Waals surface area contributed by atoms with E-state index in [1.54, 1.807) is 0 Å². The van der Waals surface area contributed by atoms with E-state index >= 15 is 0 Å². The van der Waals surface area contributed by atoms with Crippen LogP contribution in [0.25, 0.3) is 28.3 Å². The zero-order chi connectivity index (χ0) is 16.1. The van der Waals surface area contributed by atoms with E-state index in [2.05, 4.69) is 76.3 Å². The van der Waals surface area contributed by atoms with Gasteiger partial charge in [-0.15, -0.1) is 34.1 Å². The summed E-state index contributed by atoms with van der Waals surface area (Å²) >= 11 is 0. The number of fused-ring (bicyclic) bond motifs is 3. The molecule has 4 rings (SSSR count). The predicted molar refractivity (Wildman–Crippen MR) is 99.6 cm³/mol. The van der Waals surface area contributed by atoms with Crippen LogP contribution in [-0.4, -0.2) is 0 Å². The Kier molecular flexibility index (Phi) is 7.91. The molecule has 0 N–H and O–H groups in total. The molecule has 0 saturated heterocycles. The average Bonchev–Trinajstić information content (AvgIpc) is 3.13. The summed E-state index contributed by atoms with van der Waals surface area (Å²) in [6.07, 6.45) is 11.4. The van der Waals surface area contributed by atoms with E-state index in [4.69, 9.17) is 0 Å². The minimum atomic E-state index is 0. The number of halogens is 2. The fourth-order valence-corrected chi connectivity index (χ4v) is 3.81. The molecule has 0 unspecified atom stereocenters. The fraction of sp³-hybridized carbons (Fsp3) is 0.217. The molecule has 2 aromatic carbocycles. The first-order valence-corrected chi connectivity index (χ1v) is 8.28. The Morgan fingerprint density at radius 1 is 1.00 bits per heavy atom. The SMILES string of the molecule is CC(C)=c1cc2c(c(C3=CC=CC3)c1C)=[C-]c1cc(C)ccc1-2.[Cl-].[Cl-].[Zr+3]. The van der Waals surface area contributed by atoms with Gasteiger partial charge in [0.15, 0.2) is 0 Å². The molecule has 0 aromatic heterocycles. The number of rotatable bonds is 1. The minimum Gasteiger partial charge on any atom is -1.00 e. The summed E-state index contributed by atoms with van der Waals surface area (Å²) in [5.74, 6) is 0. The zero-order valence-electron chi connectivity index (χ0n) is 15.5. The van der Waals surface area contributed by atoms with Gasteiger partial charge in [0.2, 0.25) is 0 Å². The fourth-order valence-electron chi connectivity index (χ4n) is 3.81. The molecule has 2 aliphatic rings. The molecule has 0 nitrogen and oxygen atoms in total. The van der Waals surface area contributed by atoms with Crippen LogP contribution in [0.1, 0.15) is 42.5 Å². The summed E-state index contributed by atoms with van der Waals surface area (Å²) < 4.78 is 0. The van der Waals surface area contributed by atoms with Crippen molar-refractivity contribution in [3.63, 3.8) is 0 Å². The van der Waals surface area contributed by atoms with Crippen LogP contribution in [0.3, 0.4) is 0 Å². The van der Waals surface area contributed by atoms with Crippen LogP contribution in [-0.2, 0) is 26.2 Å². The third-order valence-electron chi connectivity index (χ3n) is 4.94. The summed E-state index contributed by atoms with van der Waals surface area (Å²) in [6.45, 7) is 8.82. The second-order valence-electron chi connectivity index (χ2n) is 6.84. The van der Waals surface area contributed by atoms with Gasteiger partial charge in [-0.1, -0.05) is 64.3 Å². The maximum Gasteiger partial charge on any atom is 3.00 e. The van der Waals surface area contributed by atoms with E-state index in [0.29, 0.717) is 0 Å². The predicted octanol–water partition coefficient (Wildman–Crippen LogP) is -1.47. The smallest absolute Gasteiger partial charge is 1.00 e. The Morgan fingerprint density at radius 3 is 2.35 bits per heavy atom. The van der Waals surface area contributed by atoms with Gasteiger partial charge in [-0.25, -0.2) is 0 Å². The average molecular weight is 460 g/mol. The molecule has 0 amide bonds. The second-order valence-corrected chi connectivity index (χ2v) is 6.84. The van der Waals surface area contributed by atoms with E-state index in [0.717, 1.165) is 6.42 Å². The van der Waals surface area contributed by atoms with Crippen molar-refractivity contribution in [1.29, 1.82) is 0 Å². The third-order valence-corrected chi connectivity index (χ3v) is 4.94. The van der Waals surface area contributed by atoms with Gasteiger partial charge < -0.3 is 24.8 Å². The van der Waals surface area contributed by atoms with Crippen LogP contribution < -0.4 is 35.3 Å². The summed E-state index contributed by atoms with van der Waals surface area (Å²) in [7, 11) is 0. The monoisotopic (exact) mass is 457 g/mol. The molecular weight excluding hydrogens is 438 g/mol. The standard InChI is InChI=1S/C23H21.2ClH.Zr/c1-14(2)20-13-21-19-10-9-15(3)11-18(19)12-22(21)23(16(20)4)17-7-5-6-8-17;;;/h5-7,9-11,13H,8H2,1-4H3;2*1H;/q-1;;;+3/p-2. The number of aryl methyl sites for hydroxylation is 1. The van der Waals surface area contributed by atoms with Crippen molar-refractivity contribution in [2.45, 2.75) is 34.1 Å². The molecule has 0 saturated carbocycles. The Balaban J connectivity index is 0.00000113. The van der Waals surface area contributed by atoms with Crippen molar-refractivity contribution in [3.05, 3.63) is 75.2 Å². The molecule has 3 heteroatoms. The van der Waals surface area contributed by atoms with E-state index in [1.807, 2.05) is 0 Å². The van der Waals surface area contributed by atoms with Crippen molar-refractivity contribution >= 4 is 17.2 Å². The Labute approximate surface area is 187 Å². The normalized spacial score (nSPS) is 12.7. The Bertz CT molecular complexity index is 1020. The summed E-state index contributed by atoms with van der Waals surface area (Å²) in [6, 6.07) is 9.06. The van der Waals surface area contributed by atoms with E-state index in [9.17, 15) is 0 Å². The van der Waals surface area contributed by atoms with Crippen molar-refractivity contribution in [2.75, 3.05) is 0 Å². The number of benzene rings is 2. The molecule has 2 aliphatic carbocycles. The zero-order valence-corrected chi connectivity index (χ0v) is 19.5. The van der Waals surface area contributed by atoms with Crippen LogP contribution >= 0.6 is 0 Å². The van der Waals surface area contributed by atoms with Crippen molar-refractivity contribution in [1.82, 2.24) is 0 Å². The molecule has 1 radical (unpaired) electrons. The molecule has 0 heterocycles. The molecular formula is C23H21Cl2Zr. The maximum absolute atomic E-state index is 3.69. The van der Waals surface area contributed by atoms with Gasteiger partial charge in [-0.3, -0.25) is 0 Å². The maximum atomic E-state index is 3.69. The van der Waals surface area contributed by atoms with Crippen molar-refractivity contribution in [3.8, 4) is 11.1 Å². The summed E-state index contributed by atoms with van der Waals surface area (Å²) in [5.41, 5.74) is 10.7. The van der Waals surface area contributed by atoms with Crippen molar-refractivity contribution < 1.29 is 51.0 Å². The van der Waals surface area contributed by atoms with Gasteiger partial charge >= 0.3 is 26.2 Å². The first-order chi connectivity index (χ1) is 11.1. The molecule has 0 atom stereocenters. The van der Waals surface area contributed by atoms with Crippen LogP contribution in [0.4, 0.5) is 0 Å². The van der Waals surface area contributed by atoms with Gasteiger partial charge in [0.25, 0.3) is 0 Å². The summed E-state index contributed by atoms with van der Waals surface area (Å²) in [4.78, 5) is 0. The number of hydrogen-bond acceptors (Lipinski definition) is 0. The molecule has 0 bridgehead atoms. The number of allylic oxidation sites excluding steroid dienone is 4. The van der Waals surface area contributed by atoms with Gasteiger partial charge in [-0.05, 0) is 39.3 Å². The molecule has 2 aromatic rings. The topological polar surface area (TPSA) is 0 Å². The van der Waals surface area contributed by atoms with Crippen molar-refractivity contribution in [2.24, 2.45) is 0 Å². The Hall–Kier alpha value is -0.877. The first kappa shape index (κ1) is 23.2.